The van der Waals surface area contributed by atoms with Gasteiger partial charge in [-0.15, -0.1) is 0 Å². The van der Waals surface area contributed by atoms with E-state index >= 15 is 0 Å². The van der Waals surface area contributed by atoms with Crippen LogP contribution in [0, 0.1) is 19.8 Å². The van der Waals surface area contributed by atoms with E-state index in [0.717, 1.165) is 21.0 Å². The molecule has 0 heterocycles. The molecule has 0 bridgehead atoms. The van der Waals surface area contributed by atoms with Crippen LogP contribution in [0.15, 0.2) is 53.4 Å². The Labute approximate surface area is 204 Å². The van der Waals surface area contributed by atoms with E-state index in [2.05, 4.69) is 5.32 Å². The van der Waals surface area contributed by atoms with E-state index in [0.29, 0.717) is 13.0 Å². The molecular weight excluding hydrogens is 450 g/mol. The summed E-state index contributed by atoms with van der Waals surface area (Å²) in [5, 5.41) is 2.92. The van der Waals surface area contributed by atoms with Crippen molar-refractivity contribution in [1.82, 2.24) is 14.5 Å². The van der Waals surface area contributed by atoms with Gasteiger partial charge in [0.05, 0.1) is 11.4 Å². The van der Waals surface area contributed by atoms with Crippen molar-refractivity contribution in [2.45, 2.75) is 58.5 Å². The van der Waals surface area contributed by atoms with Gasteiger partial charge < -0.3 is 10.2 Å². The Kier molecular flexibility index (Phi) is 9.82. The van der Waals surface area contributed by atoms with Crippen molar-refractivity contribution < 1.29 is 18.0 Å². The molecule has 1 N–H and O–H groups in total. The van der Waals surface area contributed by atoms with E-state index in [-0.39, 0.29) is 29.8 Å². The number of aryl methyl sites for hydroxylation is 2. The highest BCUT2D eigenvalue weighted by Crippen LogP contribution is 2.18. The first kappa shape index (κ1) is 27.5. The van der Waals surface area contributed by atoms with Crippen LogP contribution in [0.3, 0.4) is 0 Å². The number of rotatable bonds is 11. The number of hydrogen-bond donors (Lipinski definition) is 1. The number of likely N-dealkylation sites (N-methyl/N-ethyl adjacent to an activating group) is 1. The molecule has 2 aromatic carbocycles. The number of amides is 2. The fraction of sp³-hybridized carbons (Fsp3) is 0.462. The van der Waals surface area contributed by atoms with Crippen LogP contribution < -0.4 is 5.32 Å². The number of benzene rings is 2. The molecule has 2 amide bonds. The zero-order chi connectivity index (χ0) is 25.5. The molecular formula is C26H37N3O4S. The highest BCUT2D eigenvalue weighted by Gasteiger charge is 2.32. The lowest BCUT2D eigenvalue weighted by Crippen LogP contribution is -2.52. The summed E-state index contributed by atoms with van der Waals surface area (Å²) in [7, 11) is -2.47. The van der Waals surface area contributed by atoms with Crippen LogP contribution in [0.1, 0.15) is 43.9 Å². The minimum Gasteiger partial charge on any atom is -0.354 e. The maximum absolute atomic E-state index is 13.5. The Morgan fingerprint density at radius 2 is 1.62 bits per heavy atom. The molecule has 0 saturated heterocycles. The molecule has 0 aliphatic rings. The van der Waals surface area contributed by atoms with Gasteiger partial charge in [-0.25, -0.2) is 8.42 Å². The van der Waals surface area contributed by atoms with Crippen molar-refractivity contribution in [2.24, 2.45) is 5.92 Å². The quantitative estimate of drug-likeness (QED) is 0.526. The van der Waals surface area contributed by atoms with Crippen molar-refractivity contribution in [3.05, 3.63) is 65.2 Å². The average molecular weight is 488 g/mol. The molecule has 0 saturated carbocycles. The van der Waals surface area contributed by atoms with Crippen LogP contribution >= 0.6 is 0 Å². The normalized spacial score (nSPS) is 12.6. The van der Waals surface area contributed by atoms with Crippen molar-refractivity contribution in [3.8, 4) is 0 Å². The molecule has 186 valence electrons. The molecule has 2 aromatic rings. The molecule has 7 nitrogen and oxygen atoms in total. The topological polar surface area (TPSA) is 86.8 Å². The third-order valence-corrected chi connectivity index (χ3v) is 7.58. The molecule has 0 radical (unpaired) electrons. The summed E-state index contributed by atoms with van der Waals surface area (Å²) in [6.45, 7) is 10.0. The summed E-state index contributed by atoms with van der Waals surface area (Å²) >= 11 is 0. The molecule has 1 unspecified atom stereocenters. The summed E-state index contributed by atoms with van der Waals surface area (Å²) in [6, 6.07) is 13.5. The monoisotopic (exact) mass is 487 g/mol. The van der Waals surface area contributed by atoms with Gasteiger partial charge in [-0.3, -0.25) is 9.59 Å². The minimum atomic E-state index is -3.85. The number of sulfonamides is 1. The Morgan fingerprint density at radius 3 is 2.18 bits per heavy atom. The lowest BCUT2D eigenvalue weighted by Gasteiger charge is -2.32. The van der Waals surface area contributed by atoms with E-state index in [1.54, 1.807) is 12.1 Å². The Morgan fingerprint density at radius 1 is 1.00 bits per heavy atom. The van der Waals surface area contributed by atoms with Crippen molar-refractivity contribution in [2.75, 3.05) is 20.1 Å². The summed E-state index contributed by atoms with van der Waals surface area (Å²) in [4.78, 5) is 28.1. The van der Waals surface area contributed by atoms with Gasteiger partial charge in [-0.05, 0) is 49.4 Å². The highest BCUT2D eigenvalue weighted by molar-refractivity contribution is 7.89. The van der Waals surface area contributed by atoms with Gasteiger partial charge in [0.15, 0.2) is 0 Å². The molecule has 34 heavy (non-hydrogen) atoms. The van der Waals surface area contributed by atoms with Crippen LogP contribution in [0.5, 0.6) is 0 Å². The smallest absolute Gasteiger partial charge is 0.243 e. The summed E-state index contributed by atoms with van der Waals surface area (Å²) in [5.41, 5.74) is 2.86. The lowest BCUT2D eigenvalue weighted by molar-refractivity contribution is -0.141. The first-order chi connectivity index (χ1) is 16.0. The second-order valence-electron chi connectivity index (χ2n) is 9.09. The van der Waals surface area contributed by atoms with Crippen LogP contribution in [0.2, 0.25) is 0 Å². The van der Waals surface area contributed by atoms with Gasteiger partial charge in [0.25, 0.3) is 0 Å². The van der Waals surface area contributed by atoms with Crippen LogP contribution in [-0.2, 0) is 26.2 Å². The fourth-order valence-electron chi connectivity index (χ4n) is 3.57. The molecule has 0 aliphatic carbocycles. The SMILES string of the molecule is CCC(C(=O)NCC(C)C)N(Cc1ccccc1C)C(=O)CN(C)S(=O)(=O)c1ccc(C)cc1. The first-order valence-corrected chi connectivity index (χ1v) is 13.1. The Hall–Kier alpha value is -2.71. The number of carbonyl (C=O) groups is 2. The zero-order valence-corrected chi connectivity index (χ0v) is 21.9. The molecule has 8 heteroatoms. The first-order valence-electron chi connectivity index (χ1n) is 11.6. The zero-order valence-electron chi connectivity index (χ0n) is 21.0. The summed E-state index contributed by atoms with van der Waals surface area (Å²) in [6.07, 6.45) is 0.413. The number of nitrogens with zero attached hydrogens (tertiary/aromatic N) is 2. The maximum Gasteiger partial charge on any atom is 0.243 e. The second-order valence-corrected chi connectivity index (χ2v) is 11.1. The van der Waals surface area contributed by atoms with Gasteiger partial charge in [-0.1, -0.05) is 62.7 Å². The highest BCUT2D eigenvalue weighted by atomic mass is 32.2. The van der Waals surface area contributed by atoms with E-state index < -0.39 is 22.0 Å². The molecule has 0 spiro atoms. The van der Waals surface area contributed by atoms with E-state index in [9.17, 15) is 18.0 Å². The summed E-state index contributed by atoms with van der Waals surface area (Å²) in [5.74, 6) is -0.386. The second kappa shape index (κ2) is 12.1. The fourth-order valence-corrected chi connectivity index (χ4v) is 4.69. The molecule has 0 aromatic heterocycles. The van der Waals surface area contributed by atoms with Gasteiger partial charge >= 0.3 is 0 Å². The summed E-state index contributed by atoms with van der Waals surface area (Å²) < 4.78 is 27.1. The van der Waals surface area contributed by atoms with E-state index in [4.69, 9.17) is 0 Å². The van der Waals surface area contributed by atoms with Crippen molar-refractivity contribution >= 4 is 21.8 Å². The van der Waals surface area contributed by atoms with Crippen molar-refractivity contribution in [1.29, 1.82) is 0 Å². The molecule has 1 atom stereocenters. The number of nitrogens with one attached hydrogen (secondary N) is 1. The third-order valence-electron chi connectivity index (χ3n) is 5.76. The minimum absolute atomic E-state index is 0.126. The average Bonchev–Trinajstić information content (AvgIpc) is 2.78. The van der Waals surface area contributed by atoms with Crippen LogP contribution in [0.4, 0.5) is 0 Å². The predicted octanol–water partition coefficient (Wildman–Crippen LogP) is 3.50. The van der Waals surface area contributed by atoms with E-state index in [1.807, 2.05) is 58.9 Å². The van der Waals surface area contributed by atoms with Gasteiger partial charge in [-0.2, -0.15) is 4.31 Å². The van der Waals surface area contributed by atoms with Gasteiger partial charge in [0, 0.05) is 20.1 Å². The Balaban J connectivity index is 2.32. The molecule has 0 aliphatic heterocycles. The number of carbonyl (C=O) groups excluding carboxylic acids is 2. The molecule has 0 fully saturated rings. The van der Waals surface area contributed by atoms with Gasteiger partial charge in [0.2, 0.25) is 21.8 Å². The van der Waals surface area contributed by atoms with Crippen LogP contribution in [-0.4, -0.2) is 55.6 Å². The third kappa shape index (κ3) is 7.14. The van der Waals surface area contributed by atoms with Crippen LogP contribution in [0.25, 0.3) is 0 Å². The lowest BCUT2D eigenvalue weighted by atomic mass is 10.1. The predicted molar refractivity (Wildman–Crippen MR) is 135 cm³/mol. The maximum atomic E-state index is 13.5. The van der Waals surface area contributed by atoms with E-state index in [1.165, 1.54) is 24.1 Å². The van der Waals surface area contributed by atoms with Crippen molar-refractivity contribution in [3.63, 3.8) is 0 Å². The largest absolute Gasteiger partial charge is 0.354 e. The van der Waals surface area contributed by atoms with Gasteiger partial charge in [0.1, 0.15) is 6.04 Å². The molecule has 2 rings (SSSR count). The Bertz CT molecular complexity index is 1080. The standard InChI is InChI=1S/C26H37N3O4S/c1-7-24(26(31)27-16-19(2)3)29(17-22-11-9-8-10-21(22)5)25(30)18-28(6)34(32,33)23-14-12-20(4)13-15-23/h8-15,19,24H,7,16-18H2,1-6H3,(H,27,31). The number of hydrogen-bond acceptors (Lipinski definition) is 4.